The zero-order chi connectivity index (χ0) is 14.8. The number of methoxy groups -OCH3 is 1. The predicted octanol–water partition coefficient (Wildman–Crippen LogP) is 3.95. The van der Waals surface area contributed by atoms with Crippen LogP contribution in [0.5, 0.6) is 5.75 Å². The molecule has 1 aromatic heterocycles. The second-order valence-electron chi connectivity index (χ2n) is 5.47. The molecule has 2 rings (SSSR count). The van der Waals surface area contributed by atoms with Gasteiger partial charge in [0.05, 0.1) is 12.8 Å². The lowest BCUT2D eigenvalue weighted by molar-refractivity contribution is 0.0540. The van der Waals surface area contributed by atoms with Crippen molar-refractivity contribution < 1.29 is 14.3 Å². The van der Waals surface area contributed by atoms with Gasteiger partial charge in [-0.05, 0) is 62.7 Å². The number of hydrogen-bond donors (Lipinski definition) is 0. The van der Waals surface area contributed by atoms with Crippen molar-refractivity contribution in [2.24, 2.45) is 0 Å². The summed E-state index contributed by atoms with van der Waals surface area (Å²) in [7, 11) is 1.62. The van der Waals surface area contributed by atoms with E-state index in [9.17, 15) is 4.79 Å². The average Bonchev–Trinajstić information content (AvgIpc) is 2.86. The summed E-state index contributed by atoms with van der Waals surface area (Å²) in [6, 6.07) is 11.3. The van der Waals surface area contributed by atoms with Gasteiger partial charge < -0.3 is 9.47 Å². The van der Waals surface area contributed by atoms with Gasteiger partial charge >= 0.3 is 6.09 Å². The normalized spacial score (nSPS) is 11.2. The maximum Gasteiger partial charge on any atom is 0.418 e. The van der Waals surface area contributed by atoms with Gasteiger partial charge in [0.25, 0.3) is 0 Å². The first kappa shape index (κ1) is 14.2. The number of aromatic nitrogens is 1. The van der Waals surface area contributed by atoms with Crippen molar-refractivity contribution in [1.29, 1.82) is 0 Å². The van der Waals surface area contributed by atoms with Crippen LogP contribution >= 0.6 is 0 Å². The van der Waals surface area contributed by atoms with Crippen molar-refractivity contribution in [3.8, 4) is 17.0 Å². The summed E-state index contributed by atoms with van der Waals surface area (Å²) in [6.07, 6.45) is 1.32. The molecule has 2 aromatic rings. The number of carbonyl (C=O) groups excluding carboxylic acids is 1. The average molecular weight is 273 g/mol. The van der Waals surface area contributed by atoms with E-state index in [0.717, 1.165) is 17.0 Å². The lowest BCUT2D eigenvalue weighted by Gasteiger charge is -2.20. The Balaban J connectivity index is 2.30. The quantitative estimate of drug-likeness (QED) is 0.832. The first-order chi connectivity index (χ1) is 9.40. The van der Waals surface area contributed by atoms with E-state index < -0.39 is 5.60 Å². The summed E-state index contributed by atoms with van der Waals surface area (Å²) in [5, 5.41) is 0. The number of rotatable bonds is 2. The van der Waals surface area contributed by atoms with Gasteiger partial charge in [0.2, 0.25) is 0 Å². The third-order valence-corrected chi connectivity index (χ3v) is 2.72. The SMILES string of the molecule is COc1ccc(-c2cccn2C(=O)OC(C)(C)C)cc1. The third-order valence-electron chi connectivity index (χ3n) is 2.72. The fraction of sp³-hybridized carbons (Fsp3) is 0.312. The Morgan fingerprint density at radius 3 is 2.30 bits per heavy atom. The van der Waals surface area contributed by atoms with Crippen molar-refractivity contribution in [1.82, 2.24) is 4.57 Å². The minimum atomic E-state index is -0.515. The Morgan fingerprint density at radius 1 is 1.10 bits per heavy atom. The maximum absolute atomic E-state index is 12.2. The smallest absolute Gasteiger partial charge is 0.418 e. The van der Waals surface area contributed by atoms with Crippen LogP contribution in [0.3, 0.4) is 0 Å². The number of ether oxygens (including phenoxy) is 2. The highest BCUT2D eigenvalue weighted by Crippen LogP contribution is 2.24. The van der Waals surface area contributed by atoms with Crippen LogP contribution in [0.2, 0.25) is 0 Å². The van der Waals surface area contributed by atoms with Crippen LogP contribution in [0.4, 0.5) is 4.79 Å². The highest BCUT2D eigenvalue weighted by molar-refractivity contribution is 5.78. The van der Waals surface area contributed by atoms with Crippen molar-refractivity contribution in [3.63, 3.8) is 0 Å². The third kappa shape index (κ3) is 3.20. The molecule has 0 aliphatic carbocycles. The number of nitrogens with zero attached hydrogens (tertiary/aromatic N) is 1. The molecule has 0 N–H and O–H groups in total. The Morgan fingerprint density at radius 2 is 1.75 bits per heavy atom. The highest BCUT2D eigenvalue weighted by atomic mass is 16.6. The van der Waals surface area contributed by atoms with Crippen LogP contribution in [-0.2, 0) is 4.74 Å². The van der Waals surface area contributed by atoms with Crippen LogP contribution in [0, 0.1) is 0 Å². The molecule has 1 heterocycles. The van der Waals surface area contributed by atoms with Gasteiger partial charge in [0.1, 0.15) is 11.4 Å². The lowest BCUT2D eigenvalue weighted by atomic mass is 10.1. The molecule has 0 aliphatic heterocycles. The summed E-state index contributed by atoms with van der Waals surface area (Å²) >= 11 is 0. The molecule has 106 valence electrons. The minimum Gasteiger partial charge on any atom is -0.497 e. The summed E-state index contributed by atoms with van der Waals surface area (Å²) in [4.78, 5) is 12.2. The van der Waals surface area contributed by atoms with Crippen LogP contribution in [0.1, 0.15) is 20.8 Å². The molecule has 0 saturated carbocycles. The van der Waals surface area contributed by atoms with E-state index in [1.165, 1.54) is 4.57 Å². The summed E-state index contributed by atoms with van der Waals surface area (Å²) in [6.45, 7) is 5.55. The van der Waals surface area contributed by atoms with Crippen molar-refractivity contribution in [3.05, 3.63) is 42.6 Å². The molecule has 0 bridgehead atoms. The lowest BCUT2D eigenvalue weighted by Crippen LogP contribution is -2.27. The van der Waals surface area contributed by atoms with Gasteiger partial charge in [-0.3, -0.25) is 4.57 Å². The van der Waals surface area contributed by atoms with Crippen molar-refractivity contribution in [2.75, 3.05) is 7.11 Å². The molecule has 1 aromatic carbocycles. The molecular weight excluding hydrogens is 254 g/mol. The molecule has 0 radical (unpaired) electrons. The van der Waals surface area contributed by atoms with E-state index in [1.54, 1.807) is 13.3 Å². The van der Waals surface area contributed by atoms with Gasteiger partial charge in [0.15, 0.2) is 0 Å². The van der Waals surface area contributed by atoms with E-state index in [-0.39, 0.29) is 6.09 Å². The fourth-order valence-electron chi connectivity index (χ4n) is 1.85. The number of carbonyl (C=O) groups is 1. The molecule has 20 heavy (non-hydrogen) atoms. The molecule has 4 nitrogen and oxygen atoms in total. The maximum atomic E-state index is 12.2. The first-order valence-electron chi connectivity index (χ1n) is 6.46. The molecule has 0 atom stereocenters. The van der Waals surface area contributed by atoms with Gasteiger partial charge in [-0.15, -0.1) is 0 Å². The molecule has 0 aliphatic rings. The number of hydrogen-bond acceptors (Lipinski definition) is 3. The van der Waals surface area contributed by atoms with Crippen molar-refractivity contribution in [2.45, 2.75) is 26.4 Å². The van der Waals surface area contributed by atoms with Crippen LogP contribution < -0.4 is 4.74 Å². The summed E-state index contributed by atoms with van der Waals surface area (Å²) in [5.41, 5.74) is 1.21. The van der Waals surface area contributed by atoms with Crippen LogP contribution in [0.25, 0.3) is 11.3 Å². The first-order valence-corrected chi connectivity index (χ1v) is 6.46. The van der Waals surface area contributed by atoms with Crippen LogP contribution in [-0.4, -0.2) is 23.4 Å². The van der Waals surface area contributed by atoms with Gasteiger partial charge in [0, 0.05) is 6.20 Å². The molecular formula is C16H19NO3. The zero-order valence-electron chi connectivity index (χ0n) is 12.2. The van der Waals surface area contributed by atoms with E-state index >= 15 is 0 Å². The Kier molecular flexibility index (Phi) is 3.84. The summed E-state index contributed by atoms with van der Waals surface area (Å²) in [5.74, 6) is 0.782. The molecule has 0 amide bonds. The largest absolute Gasteiger partial charge is 0.497 e. The molecule has 4 heteroatoms. The van der Waals surface area contributed by atoms with Gasteiger partial charge in [-0.25, -0.2) is 4.79 Å². The molecule has 0 fully saturated rings. The van der Waals surface area contributed by atoms with E-state index in [4.69, 9.17) is 9.47 Å². The molecule has 0 spiro atoms. The highest BCUT2D eigenvalue weighted by Gasteiger charge is 2.19. The van der Waals surface area contributed by atoms with Crippen molar-refractivity contribution >= 4 is 6.09 Å². The van der Waals surface area contributed by atoms with Gasteiger partial charge in [-0.1, -0.05) is 0 Å². The topological polar surface area (TPSA) is 40.5 Å². The predicted molar refractivity (Wildman–Crippen MR) is 78.1 cm³/mol. The minimum absolute atomic E-state index is 0.381. The van der Waals surface area contributed by atoms with E-state index in [2.05, 4.69) is 0 Å². The Labute approximate surface area is 118 Å². The standard InChI is InChI=1S/C16H19NO3/c1-16(2,3)20-15(18)17-11-5-6-14(17)12-7-9-13(19-4)10-8-12/h5-11H,1-4H3. The second-order valence-corrected chi connectivity index (χ2v) is 5.47. The van der Waals surface area contributed by atoms with E-state index in [0.29, 0.717) is 0 Å². The Bertz CT molecular complexity index is 591. The number of benzene rings is 1. The summed E-state index contributed by atoms with van der Waals surface area (Å²) < 4.78 is 12.0. The second kappa shape index (κ2) is 5.41. The monoisotopic (exact) mass is 273 g/mol. The Hall–Kier alpha value is -2.23. The van der Waals surface area contributed by atoms with E-state index in [1.807, 2.05) is 57.2 Å². The fourth-order valence-corrected chi connectivity index (χ4v) is 1.85. The van der Waals surface area contributed by atoms with Crippen LogP contribution in [0.15, 0.2) is 42.6 Å². The molecule has 0 unspecified atom stereocenters. The van der Waals surface area contributed by atoms with Gasteiger partial charge in [-0.2, -0.15) is 0 Å². The molecule has 0 saturated heterocycles. The zero-order valence-corrected chi connectivity index (χ0v) is 12.2.